The lowest BCUT2D eigenvalue weighted by atomic mass is 10.1. The van der Waals surface area contributed by atoms with Crippen molar-refractivity contribution in [3.8, 4) is 5.69 Å². The molecule has 0 fully saturated rings. The molecule has 0 amide bonds. The van der Waals surface area contributed by atoms with Crippen molar-refractivity contribution in [2.75, 3.05) is 5.73 Å². The van der Waals surface area contributed by atoms with Gasteiger partial charge in [0, 0.05) is 0 Å². The monoisotopic (exact) mass is 230 g/mol. The summed E-state index contributed by atoms with van der Waals surface area (Å²) in [5, 5.41) is 8.13. The highest BCUT2D eigenvalue weighted by Gasteiger charge is 2.16. The second kappa shape index (κ2) is 4.20. The number of hydrogen-bond donors (Lipinski definition) is 1. The Morgan fingerprint density at radius 1 is 1.24 bits per heavy atom. The molecule has 0 aliphatic carbocycles. The Morgan fingerprint density at radius 3 is 2.59 bits per heavy atom. The van der Waals surface area contributed by atoms with Crippen molar-refractivity contribution >= 4 is 5.82 Å². The summed E-state index contributed by atoms with van der Waals surface area (Å²) in [6, 6.07) is 6.29. The first-order valence-electron chi connectivity index (χ1n) is 5.79. The number of hydrogen-bond acceptors (Lipinski definition) is 3. The van der Waals surface area contributed by atoms with E-state index in [0.717, 1.165) is 11.4 Å². The van der Waals surface area contributed by atoms with Crippen molar-refractivity contribution in [3.05, 3.63) is 35.0 Å². The molecule has 90 valence electrons. The lowest BCUT2D eigenvalue weighted by Crippen LogP contribution is -2.07. The Hall–Kier alpha value is -1.84. The van der Waals surface area contributed by atoms with Crippen LogP contribution in [0.2, 0.25) is 0 Å². The van der Waals surface area contributed by atoms with Crippen LogP contribution in [0.5, 0.6) is 0 Å². The van der Waals surface area contributed by atoms with Crippen LogP contribution in [-0.4, -0.2) is 15.0 Å². The van der Waals surface area contributed by atoms with Crippen LogP contribution in [0.25, 0.3) is 5.69 Å². The molecule has 1 aromatic heterocycles. The summed E-state index contributed by atoms with van der Waals surface area (Å²) >= 11 is 0. The molecule has 0 atom stereocenters. The topological polar surface area (TPSA) is 56.7 Å². The molecule has 4 heteroatoms. The molecule has 0 aliphatic rings. The van der Waals surface area contributed by atoms with E-state index >= 15 is 0 Å². The van der Waals surface area contributed by atoms with E-state index in [0.29, 0.717) is 11.7 Å². The van der Waals surface area contributed by atoms with Crippen LogP contribution in [0.15, 0.2) is 18.2 Å². The Morgan fingerprint density at radius 2 is 1.94 bits per heavy atom. The minimum Gasteiger partial charge on any atom is -0.381 e. The fraction of sp³-hybridized carbons (Fsp3) is 0.385. The number of nitrogen functional groups attached to an aromatic ring is 1. The third-order valence-corrected chi connectivity index (χ3v) is 2.87. The van der Waals surface area contributed by atoms with Gasteiger partial charge in [-0.15, -0.1) is 5.10 Å². The van der Waals surface area contributed by atoms with Gasteiger partial charge in [-0.3, -0.25) is 0 Å². The molecule has 0 bridgehead atoms. The first-order valence-corrected chi connectivity index (χ1v) is 5.79. The number of aryl methyl sites for hydroxylation is 2. The second-order valence-corrected chi connectivity index (χ2v) is 4.72. The number of anilines is 1. The standard InChI is InChI=1S/C13H18N4/c1-8(2)12-13(14)15-16-17(12)11-7-9(3)5-6-10(11)4/h5-8H,14H2,1-4H3. The zero-order valence-corrected chi connectivity index (χ0v) is 10.7. The number of aromatic nitrogens is 3. The number of nitrogens with zero attached hydrogens (tertiary/aromatic N) is 3. The van der Waals surface area contributed by atoms with Crippen molar-refractivity contribution in [2.45, 2.75) is 33.6 Å². The minimum absolute atomic E-state index is 0.296. The number of rotatable bonds is 2. The molecule has 1 heterocycles. The second-order valence-electron chi connectivity index (χ2n) is 4.72. The van der Waals surface area contributed by atoms with Crippen LogP contribution in [0.3, 0.4) is 0 Å². The van der Waals surface area contributed by atoms with Gasteiger partial charge in [-0.25, -0.2) is 4.68 Å². The first-order chi connectivity index (χ1) is 8.00. The van der Waals surface area contributed by atoms with Gasteiger partial charge in [-0.2, -0.15) is 0 Å². The summed E-state index contributed by atoms with van der Waals surface area (Å²) in [7, 11) is 0. The van der Waals surface area contributed by atoms with Crippen molar-refractivity contribution in [2.24, 2.45) is 0 Å². The number of benzene rings is 1. The van der Waals surface area contributed by atoms with Gasteiger partial charge < -0.3 is 5.73 Å². The lowest BCUT2D eigenvalue weighted by molar-refractivity contribution is 0.713. The molecule has 4 nitrogen and oxygen atoms in total. The zero-order chi connectivity index (χ0) is 12.6. The van der Waals surface area contributed by atoms with E-state index in [2.05, 4.69) is 56.2 Å². The van der Waals surface area contributed by atoms with Crippen molar-refractivity contribution < 1.29 is 0 Å². The predicted octanol–water partition coefficient (Wildman–Crippen LogP) is 2.59. The van der Waals surface area contributed by atoms with E-state index in [9.17, 15) is 0 Å². The summed E-state index contributed by atoms with van der Waals surface area (Å²) in [5.41, 5.74) is 10.3. The third-order valence-electron chi connectivity index (χ3n) is 2.87. The Labute approximate surface area is 101 Å². The molecule has 17 heavy (non-hydrogen) atoms. The highest BCUT2D eigenvalue weighted by atomic mass is 15.4. The van der Waals surface area contributed by atoms with Gasteiger partial charge in [0.25, 0.3) is 0 Å². The first kappa shape index (κ1) is 11.6. The predicted molar refractivity (Wildman–Crippen MR) is 69.3 cm³/mol. The summed E-state index contributed by atoms with van der Waals surface area (Å²) in [5.74, 6) is 0.811. The van der Waals surface area contributed by atoms with Gasteiger partial charge in [0.1, 0.15) is 0 Å². The molecule has 0 radical (unpaired) electrons. The molecular formula is C13H18N4. The van der Waals surface area contributed by atoms with E-state index in [4.69, 9.17) is 5.73 Å². The SMILES string of the molecule is Cc1ccc(C)c(-n2nnc(N)c2C(C)C)c1. The highest BCUT2D eigenvalue weighted by Crippen LogP contribution is 2.24. The maximum atomic E-state index is 5.87. The van der Waals surface area contributed by atoms with Gasteiger partial charge in [0.15, 0.2) is 5.82 Å². The van der Waals surface area contributed by atoms with E-state index in [1.807, 2.05) is 4.68 Å². The molecular weight excluding hydrogens is 212 g/mol. The van der Waals surface area contributed by atoms with Crippen molar-refractivity contribution in [1.29, 1.82) is 0 Å². The summed E-state index contributed by atoms with van der Waals surface area (Å²) in [6.45, 7) is 8.32. The molecule has 0 saturated carbocycles. The van der Waals surface area contributed by atoms with Gasteiger partial charge >= 0.3 is 0 Å². The van der Waals surface area contributed by atoms with Crippen LogP contribution >= 0.6 is 0 Å². The van der Waals surface area contributed by atoms with Gasteiger partial charge in [-0.1, -0.05) is 31.2 Å². The lowest BCUT2D eigenvalue weighted by Gasteiger charge is -2.12. The van der Waals surface area contributed by atoms with Gasteiger partial charge in [-0.05, 0) is 37.0 Å². The van der Waals surface area contributed by atoms with Gasteiger partial charge in [0.05, 0.1) is 11.4 Å². The molecule has 0 spiro atoms. The highest BCUT2D eigenvalue weighted by molar-refractivity contribution is 5.47. The van der Waals surface area contributed by atoms with Crippen molar-refractivity contribution in [3.63, 3.8) is 0 Å². The molecule has 2 rings (SSSR count). The largest absolute Gasteiger partial charge is 0.381 e. The zero-order valence-electron chi connectivity index (χ0n) is 10.7. The fourth-order valence-corrected chi connectivity index (χ4v) is 1.97. The van der Waals surface area contributed by atoms with Gasteiger partial charge in [0.2, 0.25) is 0 Å². The summed E-state index contributed by atoms with van der Waals surface area (Å²) in [4.78, 5) is 0. The van der Waals surface area contributed by atoms with Crippen LogP contribution in [0, 0.1) is 13.8 Å². The smallest absolute Gasteiger partial charge is 0.169 e. The van der Waals surface area contributed by atoms with E-state index < -0.39 is 0 Å². The quantitative estimate of drug-likeness (QED) is 0.862. The Kier molecular flexibility index (Phi) is 2.88. The summed E-state index contributed by atoms with van der Waals surface area (Å²) in [6.07, 6.45) is 0. The van der Waals surface area contributed by atoms with Crippen LogP contribution in [0.4, 0.5) is 5.82 Å². The summed E-state index contributed by atoms with van der Waals surface area (Å²) < 4.78 is 1.85. The minimum atomic E-state index is 0.296. The molecule has 2 aromatic rings. The average Bonchev–Trinajstić information content (AvgIpc) is 2.64. The van der Waals surface area contributed by atoms with Crippen molar-refractivity contribution in [1.82, 2.24) is 15.0 Å². The molecule has 2 N–H and O–H groups in total. The van der Waals surface area contributed by atoms with E-state index in [1.54, 1.807) is 0 Å². The van der Waals surface area contributed by atoms with Crippen LogP contribution in [-0.2, 0) is 0 Å². The van der Waals surface area contributed by atoms with Crippen LogP contribution < -0.4 is 5.73 Å². The van der Waals surface area contributed by atoms with Crippen LogP contribution in [0.1, 0.15) is 36.6 Å². The fourth-order valence-electron chi connectivity index (χ4n) is 1.97. The average molecular weight is 230 g/mol. The third kappa shape index (κ3) is 2.02. The Bertz CT molecular complexity index is 540. The Balaban J connectivity index is 2.64. The maximum absolute atomic E-state index is 5.87. The van der Waals surface area contributed by atoms with E-state index in [-0.39, 0.29) is 0 Å². The maximum Gasteiger partial charge on any atom is 0.169 e. The number of nitrogens with two attached hydrogens (primary N) is 1. The normalized spacial score (nSPS) is 11.1. The molecule has 0 aliphatic heterocycles. The molecule has 1 aromatic carbocycles. The molecule has 0 unspecified atom stereocenters. The van der Waals surface area contributed by atoms with E-state index in [1.165, 1.54) is 11.1 Å². The molecule has 0 saturated heterocycles.